The van der Waals surface area contributed by atoms with Gasteiger partial charge in [-0.05, 0) is 32.2 Å². The van der Waals surface area contributed by atoms with Crippen molar-refractivity contribution in [3.63, 3.8) is 0 Å². The second kappa shape index (κ2) is 11.0. The molecule has 3 heteroatoms. The molecule has 2 N–H and O–H groups in total. The van der Waals surface area contributed by atoms with Crippen LogP contribution in [0.25, 0.3) is 0 Å². The Hall–Kier alpha value is -0.120. The van der Waals surface area contributed by atoms with E-state index in [9.17, 15) is 0 Å². The monoisotopic (exact) mass is 203 g/mol. The van der Waals surface area contributed by atoms with Crippen LogP contribution < -0.4 is 5.32 Å². The van der Waals surface area contributed by atoms with E-state index in [0.29, 0.717) is 12.6 Å². The lowest BCUT2D eigenvalue weighted by atomic mass is 10.2. The Morgan fingerprint density at radius 1 is 1.07 bits per heavy atom. The minimum Gasteiger partial charge on any atom is -0.396 e. The predicted molar refractivity (Wildman–Crippen MR) is 59.5 cm³/mol. The summed E-state index contributed by atoms with van der Waals surface area (Å²) in [7, 11) is 0. The zero-order valence-corrected chi connectivity index (χ0v) is 9.59. The number of aliphatic hydroxyl groups excluding tert-OH is 1. The molecule has 0 aromatic carbocycles. The molecule has 0 saturated carbocycles. The standard InChI is InChI=1S/C11H25NO2/c1-11(2)12-7-6-10-14-9-5-3-4-8-13/h11-13H,3-10H2,1-2H3. The van der Waals surface area contributed by atoms with E-state index < -0.39 is 0 Å². The van der Waals surface area contributed by atoms with Gasteiger partial charge in [-0.2, -0.15) is 0 Å². The van der Waals surface area contributed by atoms with Gasteiger partial charge >= 0.3 is 0 Å². The van der Waals surface area contributed by atoms with Gasteiger partial charge in [0.25, 0.3) is 0 Å². The number of unbranched alkanes of at least 4 members (excludes halogenated alkanes) is 2. The maximum Gasteiger partial charge on any atom is 0.0478 e. The van der Waals surface area contributed by atoms with Crippen molar-refractivity contribution in [3.05, 3.63) is 0 Å². The molecule has 3 nitrogen and oxygen atoms in total. The van der Waals surface area contributed by atoms with E-state index in [0.717, 1.165) is 45.4 Å². The van der Waals surface area contributed by atoms with Gasteiger partial charge in [-0.1, -0.05) is 13.8 Å². The molecule has 0 aromatic rings. The lowest BCUT2D eigenvalue weighted by Gasteiger charge is -2.07. The highest BCUT2D eigenvalue weighted by atomic mass is 16.5. The molecule has 0 saturated heterocycles. The summed E-state index contributed by atoms with van der Waals surface area (Å²) in [5.41, 5.74) is 0. The van der Waals surface area contributed by atoms with Gasteiger partial charge in [0.05, 0.1) is 0 Å². The van der Waals surface area contributed by atoms with Gasteiger partial charge in [-0.15, -0.1) is 0 Å². The van der Waals surface area contributed by atoms with E-state index in [-0.39, 0.29) is 0 Å². The van der Waals surface area contributed by atoms with Gasteiger partial charge in [0, 0.05) is 25.9 Å². The lowest BCUT2D eigenvalue weighted by Crippen LogP contribution is -2.24. The Kier molecular flexibility index (Phi) is 10.9. The zero-order valence-electron chi connectivity index (χ0n) is 9.59. The van der Waals surface area contributed by atoms with Crippen LogP contribution in [0.3, 0.4) is 0 Å². The van der Waals surface area contributed by atoms with Crippen molar-refractivity contribution in [2.45, 2.75) is 45.6 Å². The van der Waals surface area contributed by atoms with E-state index in [1.54, 1.807) is 0 Å². The summed E-state index contributed by atoms with van der Waals surface area (Å²) in [4.78, 5) is 0. The van der Waals surface area contributed by atoms with E-state index in [1.165, 1.54) is 0 Å². The average molecular weight is 203 g/mol. The molecule has 0 spiro atoms. The van der Waals surface area contributed by atoms with Gasteiger partial charge in [0.1, 0.15) is 0 Å². The molecule has 14 heavy (non-hydrogen) atoms. The number of hydrogen-bond acceptors (Lipinski definition) is 3. The maximum atomic E-state index is 8.54. The normalized spacial score (nSPS) is 11.1. The van der Waals surface area contributed by atoms with E-state index >= 15 is 0 Å². The summed E-state index contributed by atoms with van der Waals surface area (Å²) in [6, 6.07) is 0.569. The van der Waals surface area contributed by atoms with Crippen LogP contribution in [0.5, 0.6) is 0 Å². The molecule has 0 bridgehead atoms. The molecule has 0 amide bonds. The fourth-order valence-corrected chi connectivity index (χ4v) is 1.16. The fraction of sp³-hybridized carbons (Fsp3) is 1.00. The van der Waals surface area contributed by atoms with Crippen molar-refractivity contribution in [2.75, 3.05) is 26.4 Å². The van der Waals surface area contributed by atoms with Gasteiger partial charge in [0.15, 0.2) is 0 Å². The Labute approximate surface area is 87.8 Å². The topological polar surface area (TPSA) is 41.5 Å². The van der Waals surface area contributed by atoms with Crippen LogP contribution in [-0.4, -0.2) is 37.5 Å². The van der Waals surface area contributed by atoms with Crippen molar-refractivity contribution in [1.29, 1.82) is 0 Å². The zero-order chi connectivity index (χ0) is 10.6. The highest BCUT2D eigenvalue weighted by Crippen LogP contribution is 1.95. The Morgan fingerprint density at radius 3 is 2.43 bits per heavy atom. The molecule has 0 aliphatic carbocycles. The third-order valence-corrected chi connectivity index (χ3v) is 1.96. The maximum absolute atomic E-state index is 8.54. The smallest absolute Gasteiger partial charge is 0.0478 e. The number of hydrogen-bond donors (Lipinski definition) is 2. The van der Waals surface area contributed by atoms with Gasteiger partial charge in [-0.25, -0.2) is 0 Å². The Balaban J connectivity index is 2.85. The highest BCUT2D eigenvalue weighted by molar-refractivity contribution is 4.51. The SMILES string of the molecule is CC(C)NCCCOCCCCCO. The third kappa shape index (κ3) is 11.9. The van der Waals surface area contributed by atoms with E-state index in [2.05, 4.69) is 19.2 Å². The molecule has 0 aliphatic rings. The molecule has 0 atom stereocenters. The summed E-state index contributed by atoms with van der Waals surface area (Å²) in [6.07, 6.45) is 4.12. The first-order valence-corrected chi connectivity index (χ1v) is 5.69. The van der Waals surface area contributed by atoms with Gasteiger partial charge in [0.2, 0.25) is 0 Å². The molecule has 0 fully saturated rings. The minimum atomic E-state index is 0.304. The van der Waals surface area contributed by atoms with E-state index in [4.69, 9.17) is 9.84 Å². The second-order valence-electron chi connectivity index (χ2n) is 3.86. The first kappa shape index (κ1) is 13.9. The largest absolute Gasteiger partial charge is 0.396 e. The van der Waals surface area contributed by atoms with Crippen molar-refractivity contribution < 1.29 is 9.84 Å². The highest BCUT2D eigenvalue weighted by Gasteiger charge is 1.92. The van der Waals surface area contributed by atoms with Gasteiger partial charge < -0.3 is 15.2 Å². The summed E-state index contributed by atoms with van der Waals surface area (Å²) < 4.78 is 5.44. The van der Waals surface area contributed by atoms with Crippen molar-refractivity contribution in [3.8, 4) is 0 Å². The molecular weight excluding hydrogens is 178 g/mol. The summed E-state index contributed by atoms with van der Waals surface area (Å²) in [5, 5.41) is 11.9. The number of rotatable bonds is 10. The molecule has 0 radical (unpaired) electrons. The number of aliphatic hydroxyl groups is 1. The quantitative estimate of drug-likeness (QED) is 0.529. The average Bonchev–Trinajstić information content (AvgIpc) is 2.15. The molecule has 0 aromatic heterocycles. The molecule has 0 heterocycles. The molecule has 86 valence electrons. The first-order valence-electron chi connectivity index (χ1n) is 5.69. The van der Waals surface area contributed by atoms with Crippen LogP contribution in [0.4, 0.5) is 0 Å². The lowest BCUT2D eigenvalue weighted by molar-refractivity contribution is 0.125. The van der Waals surface area contributed by atoms with Crippen molar-refractivity contribution >= 4 is 0 Å². The first-order chi connectivity index (χ1) is 6.77. The fourth-order valence-electron chi connectivity index (χ4n) is 1.16. The number of nitrogens with one attached hydrogen (secondary N) is 1. The molecular formula is C11H25NO2. The second-order valence-corrected chi connectivity index (χ2v) is 3.86. The van der Waals surface area contributed by atoms with Crippen LogP contribution in [-0.2, 0) is 4.74 Å². The molecule has 0 rings (SSSR count). The predicted octanol–water partition coefficient (Wildman–Crippen LogP) is 1.55. The molecule has 0 aliphatic heterocycles. The van der Waals surface area contributed by atoms with Crippen LogP contribution in [0.1, 0.15) is 39.5 Å². The summed E-state index contributed by atoms with van der Waals surface area (Å²) >= 11 is 0. The van der Waals surface area contributed by atoms with Crippen LogP contribution >= 0.6 is 0 Å². The van der Waals surface area contributed by atoms with Gasteiger partial charge in [-0.3, -0.25) is 0 Å². The van der Waals surface area contributed by atoms with Crippen LogP contribution in [0.2, 0.25) is 0 Å². The summed E-state index contributed by atoms with van der Waals surface area (Å²) in [5.74, 6) is 0. The number of ether oxygens (including phenoxy) is 1. The minimum absolute atomic E-state index is 0.304. The van der Waals surface area contributed by atoms with Crippen molar-refractivity contribution in [1.82, 2.24) is 5.32 Å². The Bertz CT molecular complexity index is 107. The summed E-state index contributed by atoms with van der Waals surface area (Å²) in [6.45, 7) is 7.32. The van der Waals surface area contributed by atoms with Crippen molar-refractivity contribution in [2.24, 2.45) is 0 Å². The Morgan fingerprint density at radius 2 is 1.79 bits per heavy atom. The van der Waals surface area contributed by atoms with Crippen LogP contribution in [0, 0.1) is 0 Å². The van der Waals surface area contributed by atoms with E-state index in [1.807, 2.05) is 0 Å². The third-order valence-electron chi connectivity index (χ3n) is 1.96. The van der Waals surface area contributed by atoms with Crippen LogP contribution in [0.15, 0.2) is 0 Å². The molecule has 0 unspecified atom stereocenters.